The van der Waals surface area contributed by atoms with Gasteiger partial charge in [-0.25, -0.2) is 0 Å². The van der Waals surface area contributed by atoms with Crippen molar-refractivity contribution in [1.82, 2.24) is 9.80 Å². The number of aliphatic imine (C=N–C) groups is 1. The molecule has 3 aliphatic rings. The lowest BCUT2D eigenvalue weighted by molar-refractivity contribution is -0.121. The number of hydrogen-bond donors (Lipinski definition) is 1. The molecule has 8 nitrogen and oxygen atoms in total. The van der Waals surface area contributed by atoms with Crippen LogP contribution in [0.15, 0.2) is 29.3 Å². The summed E-state index contributed by atoms with van der Waals surface area (Å²) in [5, 5.41) is 3.10. The molecule has 0 spiro atoms. The Morgan fingerprint density at radius 1 is 1.24 bits per heavy atom. The number of amidine groups is 1. The van der Waals surface area contributed by atoms with Crippen LogP contribution in [0.25, 0.3) is 0 Å². The van der Waals surface area contributed by atoms with Gasteiger partial charge in [0.15, 0.2) is 5.17 Å². The van der Waals surface area contributed by atoms with Crippen molar-refractivity contribution in [2.24, 2.45) is 4.99 Å². The number of amides is 3. The molecule has 0 aromatic heterocycles. The molecule has 1 aromatic rings. The Morgan fingerprint density at radius 2 is 2.06 bits per heavy atom. The minimum Gasteiger partial charge on any atom is -0.376 e. The number of ether oxygens (including phenoxy) is 1. The highest BCUT2D eigenvalue weighted by atomic mass is 32.2. The first-order valence-electron chi connectivity index (χ1n) is 11.9. The normalized spacial score (nSPS) is 22.9. The molecule has 1 N–H and O–H groups in total. The van der Waals surface area contributed by atoms with E-state index in [0.717, 1.165) is 50.5 Å². The SMILES string of the molecule is CCN(CC1CCCO1)C(=O)c1cccc(NC(=O)CC2SC(N3CCCCC3)=NC2=O)c1. The van der Waals surface area contributed by atoms with Gasteiger partial charge in [0.25, 0.3) is 11.8 Å². The number of nitrogens with one attached hydrogen (secondary N) is 1. The van der Waals surface area contributed by atoms with Crippen molar-refractivity contribution >= 4 is 40.3 Å². The maximum absolute atomic E-state index is 13.0. The van der Waals surface area contributed by atoms with Gasteiger partial charge < -0.3 is 19.9 Å². The number of thioether (sulfide) groups is 1. The molecule has 3 heterocycles. The zero-order valence-corrected chi connectivity index (χ0v) is 19.9. The summed E-state index contributed by atoms with van der Waals surface area (Å²) in [7, 11) is 0. The molecule has 2 saturated heterocycles. The van der Waals surface area contributed by atoms with Crippen molar-refractivity contribution in [1.29, 1.82) is 0 Å². The van der Waals surface area contributed by atoms with Crippen LogP contribution in [0.5, 0.6) is 0 Å². The lowest BCUT2D eigenvalue weighted by Crippen LogP contribution is -2.37. The van der Waals surface area contributed by atoms with E-state index in [1.807, 2.05) is 6.92 Å². The molecule has 0 radical (unpaired) electrons. The summed E-state index contributed by atoms with van der Waals surface area (Å²) < 4.78 is 5.67. The summed E-state index contributed by atoms with van der Waals surface area (Å²) in [6, 6.07) is 6.96. The number of rotatable bonds is 7. The maximum Gasteiger partial charge on any atom is 0.262 e. The minimum absolute atomic E-state index is 0.0582. The predicted molar refractivity (Wildman–Crippen MR) is 129 cm³/mol. The standard InChI is InChI=1S/C24H32N4O4S/c1-2-27(16-19-10-7-13-32-19)23(31)17-8-6-9-18(14-17)25-21(29)15-20-22(30)26-24(33-20)28-11-4-3-5-12-28/h6,8-9,14,19-20H,2-5,7,10-13,15-16H2,1H3,(H,25,29). The number of anilines is 1. The van der Waals surface area contributed by atoms with Crippen LogP contribution < -0.4 is 5.32 Å². The fraction of sp³-hybridized carbons (Fsp3) is 0.583. The second kappa shape index (κ2) is 11.2. The molecule has 1 aromatic carbocycles. The average molecular weight is 473 g/mol. The molecule has 0 aliphatic carbocycles. The number of likely N-dealkylation sites (N-methyl/N-ethyl adjacent to an activating group) is 1. The van der Waals surface area contributed by atoms with E-state index in [-0.39, 0.29) is 30.2 Å². The molecular formula is C24H32N4O4S. The third-order valence-electron chi connectivity index (χ3n) is 6.24. The van der Waals surface area contributed by atoms with Crippen molar-refractivity contribution < 1.29 is 19.1 Å². The molecule has 3 amide bonds. The first kappa shape index (κ1) is 23.8. The van der Waals surface area contributed by atoms with Crippen LogP contribution in [-0.4, -0.2) is 76.8 Å². The molecule has 2 fully saturated rings. The van der Waals surface area contributed by atoms with Gasteiger partial charge in [-0.15, -0.1) is 0 Å². The van der Waals surface area contributed by atoms with Crippen LogP contribution in [0.4, 0.5) is 5.69 Å². The lowest BCUT2D eigenvalue weighted by atomic mass is 10.1. The minimum atomic E-state index is -0.492. The monoisotopic (exact) mass is 472 g/mol. The first-order chi connectivity index (χ1) is 16.0. The van der Waals surface area contributed by atoms with Crippen LogP contribution >= 0.6 is 11.8 Å². The van der Waals surface area contributed by atoms with E-state index in [2.05, 4.69) is 15.2 Å². The summed E-state index contributed by atoms with van der Waals surface area (Å²) in [6.07, 6.45) is 5.58. The predicted octanol–water partition coefficient (Wildman–Crippen LogP) is 3.14. The Morgan fingerprint density at radius 3 is 2.79 bits per heavy atom. The molecule has 9 heteroatoms. The number of nitrogens with zero attached hydrogens (tertiary/aromatic N) is 3. The van der Waals surface area contributed by atoms with Crippen LogP contribution in [0.3, 0.4) is 0 Å². The van der Waals surface area contributed by atoms with Gasteiger partial charge in [0.05, 0.1) is 6.10 Å². The van der Waals surface area contributed by atoms with Gasteiger partial charge in [0.1, 0.15) is 5.25 Å². The Balaban J connectivity index is 1.32. The zero-order chi connectivity index (χ0) is 23.2. The molecule has 2 unspecified atom stereocenters. The van der Waals surface area contributed by atoms with Crippen LogP contribution in [0.2, 0.25) is 0 Å². The molecule has 0 saturated carbocycles. The highest BCUT2D eigenvalue weighted by Crippen LogP contribution is 2.29. The number of hydrogen-bond acceptors (Lipinski definition) is 6. The van der Waals surface area contributed by atoms with Crippen molar-refractivity contribution in [2.75, 3.05) is 38.1 Å². The number of carbonyl (C=O) groups excluding carboxylic acids is 3. The molecule has 33 heavy (non-hydrogen) atoms. The number of carbonyl (C=O) groups is 3. The Labute approximate surface area is 199 Å². The molecule has 178 valence electrons. The van der Waals surface area contributed by atoms with Gasteiger partial charge >= 0.3 is 0 Å². The fourth-order valence-corrected chi connectivity index (χ4v) is 5.53. The van der Waals surface area contributed by atoms with Crippen LogP contribution in [0.1, 0.15) is 55.8 Å². The lowest BCUT2D eigenvalue weighted by Gasteiger charge is -2.27. The summed E-state index contributed by atoms with van der Waals surface area (Å²) >= 11 is 1.39. The summed E-state index contributed by atoms with van der Waals surface area (Å²) in [6.45, 7) is 5.71. The van der Waals surface area contributed by atoms with E-state index in [0.29, 0.717) is 24.3 Å². The van der Waals surface area contributed by atoms with Crippen LogP contribution in [0, 0.1) is 0 Å². The smallest absolute Gasteiger partial charge is 0.262 e. The van der Waals surface area contributed by atoms with Crippen molar-refractivity contribution in [3.63, 3.8) is 0 Å². The fourth-order valence-electron chi connectivity index (χ4n) is 4.41. The number of benzene rings is 1. The van der Waals surface area contributed by atoms with E-state index in [9.17, 15) is 14.4 Å². The molecule has 4 rings (SSSR count). The molecular weight excluding hydrogens is 440 g/mol. The van der Waals surface area contributed by atoms with Gasteiger partial charge in [0.2, 0.25) is 5.91 Å². The van der Waals surface area contributed by atoms with Gasteiger partial charge in [-0.2, -0.15) is 4.99 Å². The molecule has 3 aliphatic heterocycles. The summed E-state index contributed by atoms with van der Waals surface area (Å²) in [4.78, 5) is 46.1. The first-order valence-corrected chi connectivity index (χ1v) is 12.8. The summed E-state index contributed by atoms with van der Waals surface area (Å²) in [5.41, 5.74) is 1.07. The van der Waals surface area contributed by atoms with Crippen molar-refractivity contribution in [2.45, 2.75) is 56.8 Å². The van der Waals surface area contributed by atoms with E-state index in [4.69, 9.17) is 4.74 Å². The van der Waals surface area contributed by atoms with E-state index >= 15 is 0 Å². The zero-order valence-electron chi connectivity index (χ0n) is 19.1. The molecule has 2 atom stereocenters. The van der Waals surface area contributed by atoms with E-state index in [1.165, 1.54) is 18.2 Å². The quantitative estimate of drug-likeness (QED) is 0.656. The highest BCUT2D eigenvalue weighted by molar-refractivity contribution is 8.15. The van der Waals surface area contributed by atoms with Gasteiger partial charge in [-0.05, 0) is 57.2 Å². The van der Waals surface area contributed by atoms with E-state index in [1.54, 1.807) is 29.2 Å². The van der Waals surface area contributed by atoms with Gasteiger partial charge in [-0.1, -0.05) is 17.8 Å². The van der Waals surface area contributed by atoms with Gasteiger partial charge in [0, 0.05) is 50.5 Å². The number of piperidine rings is 1. The Bertz CT molecular complexity index is 909. The summed E-state index contributed by atoms with van der Waals surface area (Å²) in [5.74, 6) is -0.579. The van der Waals surface area contributed by atoms with Crippen molar-refractivity contribution in [3.8, 4) is 0 Å². The van der Waals surface area contributed by atoms with Crippen LogP contribution in [-0.2, 0) is 14.3 Å². The average Bonchev–Trinajstić information content (AvgIpc) is 3.47. The third kappa shape index (κ3) is 6.14. The number of likely N-dealkylation sites (tertiary alicyclic amines) is 1. The Kier molecular flexibility index (Phi) is 8.03. The van der Waals surface area contributed by atoms with E-state index < -0.39 is 5.25 Å². The highest BCUT2D eigenvalue weighted by Gasteiger charge is 2.33. The topological polar surface area (TPSA) is 91.3 Å². The Hall–Kier alpha value is -2.39. The van der Waals surface area contributed by atoms with Gasteiger partial charge in [-0.3, -0.25) is 14.4 Å². The second-order valence-electron chi connectivity index (χ2n) is 8.70. The maximum atomic E-state index is 13.0. The van der Waals surface area contributed by atoms with Crippen molar-refractivity contribution in [3.05, 3.63) is 29.8 Å². The molecule has 0 bridgehead atoms. The third-order valence-corrected chi connectivity index (χ3v) is 7.45. The largest absolute Gasteiger partial charge is 0.376 e. The second-order valence-corrected chi connectivity index (χ2v) is 9.87.